The quantitative estimate of drug-likeness (QED) is 0.829. The van der Waals surface area contributed by atoms with Gasteiger partial charge in [0.25, 0.3) is 5.56 Å². The Balaban J connectivity index is 2.70. The summed E-state index contributed by atoms with van der Waals surface area (Å²) >= 11 is 6.42. The molecule has 0 saturated heterocycles. The van der Waals surface area contributed by atoms with Gasteiger partial charge < -0.3 is 5.11 Å². The Labute approximate surface area is 130 Å². The SMILES string of the molecule is C=C(Br)Cn1c(O)c(-c2ccc(Br)cc2)c(=O)[nH]c1=O. The van der Waals surface area contributed by atoms with Crippen molar-refractivity contribution in [3.05, 3.63) is 60.6 Å². The van der Waals surface area contributed by atoms with Gasteiger partial charge in [0.1, 0.15) is 5.56 Å². The van der Waals surface area contributed by atoms with E-state index < -0.39 is 11.2 Å². The molecule has 0 radical (unpaired) electrons. The number of aromatic hydroxyl groups is 1. The van der Waals surface area contributed by atoms with Gasteiger partial charge in [-0.15, -0.1) is 0 Å². The third kappa shape index (κ3) is 2.94. The van der Waals surface area contributed by atoms with Crippen LogP contribution in [0.3, 0.4) is 0 Å². The molecule has 0 unspecified atom stereocenters. The second-order valence-electron chi connectivity index (χ2n) is 4.07. The van der Waals surface area contributed by atoms with Crippen LogP contribution < -0.4 is 11.2 Å². The summed E-state index contributed by atoms with van der Waals surface area (Å²) in [7, 11) is 0. The second kappa shape index (κ2) is 5.80. The lowest BCUT2D eigenvalue weighted by molar-refractivity contribution is 0.413. The average Bonchev–Trinajstić information content (AvgIpc) is 2.36. The summed E-state index contributed by atoms with van der Waals surface area (Å²) in [4.78, 5) is 25.8. The van der Waals surface area contributed by atoms with Crippen LogP contribution in [-0.4, -0.2) is 14.7 Å². The van der Waals surface area contributed by atoms with E-state index in [1.807, 2.05) is 0 Å². The van der Waals surface area contributed by atoms with Gasteiger partial charge in [-0.25, -0.2) is 4.79 Å². The van der Waals surface area contributed by atoms with Crippen LogP contribution in [0.25, 0.3) is 11.1 Å². The Hall–Kier alpha value is -1.60. The number of benzene rings is 1. The fourth-order valence-electron chi connectivity index (χ4n) is 1.75. The molecule has 104 valence electrons. The fraction of sp³-hybridized carbons (Fsp3) is 0.0769. The molecular weight excluding hydrogens is 392 g/mol. The summed E-state index contributed by atoms with van der Waals surface area (Å²) in [6.07, 6.45) is 0. The molecule has 1 aromatic heterocycles. The normalized spacial score (nSPS) is 10.5. The van der Waals surface area contributed by atoms with Crippen LogP contribution in [0.2, 0.25) is 0 Å². The number of nitrogens with one attached hydrogen (secondary N) is 1. The molecule has 2 aromatic rings. The first-order valence-corrected chi connectivity index (χ1v) is 7.14. The van der Waals surface area contributed by atoms with Crippen molar-refractivity contribution in [3.8, 4) is 17.0 Å². The Bertz CT molecular complexity index is 776. The summed E-state index contributed by atoms with van der Waals surface area (Å²) in [5.74, 6) is -0.387. The minimum absolute atomic E-state index is 0.0471. The first-order chi connectivity index (χ1) is 9.40. The molecule has 1 aromatic carbocycles. The van der Waals surface area contributed by atoms with Crippen molar-refractivity contribution in [2.45, 2.75) is 6.54 Å². The zero-order valence-corrected chi connectivity index (χ0v) is 13.4. The van der Waals surface area contributed by atoms with Gasteiger partial charge in [0.05, 0.1) is 6.54 Å². The highest BCUT2D eigenvalue weighted by Gasteiger charge is 2.16. The van der Waals surface area contributed by atoms with Crippen LogP contribution in [0, 0.1) is 0 Å². The monoisotopic (exact) mass is 400 g/mol. The standard InChI is InChI=1S/C13H10Br2N2O3/c1-7(14)6-17-12(19)10(11(18)16-13(17)20)8-2-4-9(15)5-3-8/h2-5,19H,1,6H2,(H,16,18,20). The first kappa shape index (κ1) is 14.8. The number of allylic oxidation sites excluding steroid dienone is 1. The van der Waals surface area contributed by atoms with Crippen molar-refractivity contribution in [2.75, 3.05) is 0 Å². The minimum atomic E-state index is -0.686. The number of hydrogen-bond acceptors (Lipinski definition) is 3. The van der Waals surface area contributed by atoms with Gasteiger partial charge >= 0.3 is 5.69 Å². The predicted molar refractivity (Wildman–Crippen MR) is 84.2 cm³/mol. The molecule has 5 nitrogen and oxygen atoms in total. The molecule has 0 atom stereocenters. The predicted octanol–water partition coefficient (Wildman–Crippen LogP) is 2.58. The third-order valence-corrected chi connectivity index (χ3v) is 3.41. The van der Waals surface area contributed by atoms with Crippen LogP contribution in [0.4, 0.5) is 0 Å². The van der Waals surface area contributed by atoms with Crippen LogP contribution >= 0.6 is 31.9 Å². The van der Waals surface area contributed by atoms with E-state index in [4.69, 9.17) is 0 Å². The Morgan fingerprint density at radius 3 is 2.45 bits per heavy atom. The minimum Gasteiger partial charge on any atom is -0.494 e. The molecule has 0 aliphatic heterocycles. The molecule has 0 fully saturated rings. The van der Waals surface area contributed by atoms with Gasteiger partial charge in [0.15, 0.2) is 0 Å². The molecule has 0 amide bonds. The van der Waals surface area contributed by atoms with Gasteiger partial charge in [-0.2, -0.15) is 0 Å². The molecule has 20 heavy (non-hydrogen) atoms. The lowest BCUT2D eigenvalue weighted by Crippen LogP contribution is -2.31. The van der Waals surface area contributed by atoms with E-state index in [0.717, 1.165) is 9.04 Å². The Morgan fingerprint density at radius 1 is 1.30 bits per heavy atom. The Kier molecular flexibility index (Phi) is 4.29. The van der Waals surface area contributed by atoms with E-state index in [0.29, 0.717) is 10.0 Å². The molecular formula is C13H10Br2N2O3. The molecule has 0 saturated carbocycles. The van der Waals surface area contributed by atoms with E-state index >= 15 is 0 Å². The summed E-state index contributed by atoms with van der Waals surface area (Å²) in [5.41, 5.74) is -0.757. The lowest BCUT2D eigenvalue weighted by Gasteiger charge is -2.10. The molecule has 0 spiro atoms. The van der Waals surface area contributed by atoms with Gasteiger partial charge in [-0.3, -0.25) is 14.3 Å². The van der Waals surface area contributed by atoms with E-state index in [9.17, 15) is 14.7 Å². The zero-order valence-electron chi connectivity index (χ0n) is 10.2. The van der Waals surface area contributed by atoms with Crippen molar-refractivity contribution >= 4 is 31.9 Å². The van der Waals surface area contributed by atoms with E-state index in [-0.39, 0.29) is 18.0 Å². The molecule has 1 heterocycles. The summed E-state index contributed by atoms with van der Waals surface area (Å²) < 4.78 is 2.39. The smallest absolute Gasteiger partial charge is 0.331 e. The molecule has 2 rings (SSSR count). The number of halogens is 2. The molecule has 0 bridgehead atoms. The molecule has 0 aliphatic rings. The van der Waals surface area contributed by atoms with Gasteiger partial charge in [-0.05, 0) is 17.7 Å². The largest absolute Gasteiger partial charge is 0.494 e. The van der Waals surface area contributed by atoms with Crippen LogP contribution in [0.1, 0.15) is 0 Å². The van der Waals surface area contributed by atoms with E-state index in [2.05, 4.69) is 43.4 Å². The average molecular weight is 402 g/mol. The van der Waals surface area contributed by atoms with E-state index in [1.165, 1.54) is 0 Å². The van der Waals surface area contributed by atoms with Gasteiger partial charge in [0.2, 0.25) is 5.88 Å². The lowest BCUT2D eigenvalue weighted by atomic mass is 10.1. The maximum atomic E-state index is 11.9. The molecule has 7 heteroatoms. The fourth-order valence-corrected chi connectivity index (χ4v) is 2.27. The summed E-state index contributed by atoms with van der Waals surface area (Å²) in [6, 6.07) is 6.83. The van der Waals surface area contributed by atoms with Crippen LogP contribution in [-0.2, 0) is 6.54 Å². The highest BCUT2D eigenvalue weighted by atomic mass is 79.9. The van der Waals surface area contributed by atoms with Gasteiger partial charge in [0, 0.05) is 8.96 Å². The number of H-pyrrole nitrogens is 1. The first-order valence-electron chi connectivity index (χ1n) is 5.55. The topological polar surface area (TPSA) is 75.1 Å². The van der Waals surface area contributed by atoms with E-state index in [1.54, 1.807) is 24.3 Å². The Morgan fingerprint density at radius 2 is 1.90 bits per heavy atom. The maximum absolute atomic E-state index is 11.9. The van der Waals surface area contributed by atoms with Crippen molar-refractivity contribution < 1.29 is 5.11 Å². The van der Waals surface area contributed by atoms with Crippen LogP contribution in [0.5, 0.6) is 5.88 Å². The number of aromatic amines is 1. The highest BCUT2D eigenvalue weighted by molar-refractivity contribution is 9.11. The van der Waals surface area contributed by atoms with Crippen molar-refractivity contribution in [1.82, 2.24) is 9.55 Å². The molecule has 0 aliphatic carbocycles. The van der Waals surface area contributed by atoms with Crippen molar-refractivity contribution in [2.24, 2.45) is 0 Å². The number of rotatable bonds is 3. The number of aromatic nitrogens is 2. The summed E-state index contributed by atoms with van der Waals surface area (Å²) in [5, 5.41) is 10.2. The van der Waals surface area contributed by atoms with Gasteiger partial charge in [-0.1, -0.05) is 50.6 Å². The van der Waals surface area contributed by atoms with Crippen molar-refractivity contribution in [1.29, 1.82) is 0 Å². The maximum Gasteiger partial charge on any atom is 0.331 e. The number of hydrogen-bond donors (Lipinski definition) is 2. The second-order valence-corrected chi connectivity index (χ2v) is 6.11. The van der Waals surface area contributed by atoms with Crippen LogP contribution in [0.15, 0.2) is 49.4 Å². The zero-order chi connectivity index (χ0) is 14.9. The van der Waals surface area contributed by atoms with Crippen molar-refractivity contribution in [3.63, 3.8) is 0 Å². The third-order valence-electron chi connectivity index (χ3n) is 2.63. The molecule has 2 N–H and O–H groups in total. The summed E-state index contributed by atoms with van der Waals surface area (Å²) in [6.45, 7) is 3.68. The highest BCUT2D eigenvalue weighted by Crippen LogP contribution is 2.26. The number of nitrogens with zero attached hydrogens (tertiary/aromatic N) is 1.